The second kappa shape index (κ2) is 8.89. The number of aryl methyl sites for hydroxylation is 1. The van der Waals surface area contributed by atoms with Gasteiger partial charge >= 0.3 is 0 Å². The third-order valence-corrected chi connectivity index (χ3v) is 5.05. The van der Waals surface area contributed by atoms with E-state index in [-0.39, 0.29) is 0 Å². The zero-order valence-electron chi connectivity index (χ0n) is 15.5. The molecule has 0 saturated carbocycles. The fourth-order valence-electron chi connectivity index (χ4n) is 2.47. The Kier molecular flexibility index (Phi) is 6.33. The van der Waals surface area contributed by atoms with Crippen LogP contribution in [0.2, 0.25) is 0 Å². The molecule has 0 aliphatic rings. The van der Waals surface area contributed by atoms with E-state index < -0.39 is 0 Å². The molecule has 0 atom stereocenters. The first-order valence-electron chi connectivity index (χ1n) is 8.82. The zero-order chi connectivity index (χ0) is 18.4. The summed E-state index contributed by atoms with van der Waals surface area (Å²) in [6.07, 6.45) is 4.85. The lowest BCUT2D eigenvalue weighted by molar-refractivity contribution is 0.285. The highest BCUT2D eigenvalue weighted by Crippen LogP contribution is 2.23. The Balaban J connectivity index is 1.71. The fraction of sp³-hybridized carbons (Fsp3) is 0.421. The average molecular weight is 372 g/mol. The van der Waals surface area contributed by atoms with Crippen molar-refractivity contribution in [2.24, 2.45) is 13.0 Å². The summed E-state index contributed by atoms with van der Waals surface area (Å²) in [5.74, 6) is 4.11. The van der Waals surface area contributed by atoms with Crippen LogP contribution in [0.3, 0.4) is 0 Å². The van der Waals surface area contributed by atoms with Crippen molar-refractivity contribution in [1.29, 1.82) is 0 Å². The van der Waals surface area contributed by atoms with E-state index in [9.17, 15) is 0 Å². The van der Waals surface area contributed by atoms with Gasteiger partial charge in [0.2, 0.25) is 0 Å². The van der Waals surface area contributed by atoms with Crippen molar-refractivity contribution in [1.82, 2.24) is 24.3 Å². The predicted octanol–water partition coefficient (Wildman–Crippen LogP) is 3.93. The van der Waals surface area contributed by atoms with Crippen LogP contribution in [-0.4, -0.2) is 24.3 Å². The Hall–Kier alpha value is -2.28. The molecule has 138 valence electrons. The standard InChI is InChI=1S/C19H25N5OS/c1-15(2)9-11-24-17(13-25-16-7-5-4-6-8-16)21-22-19(24)26-14-18-20-10-12-23(18)3/h4-8,10,12,15H,9,11,13-14H2,1-3H3. The van der Waals surface area contributed by atoms with E-state index >= 15 is 0 Å². The zero-order valence-corrected chi connectivity index (χ0v) is 16.3. The van der Waals surface area contributed by atoms with Crippen LogP contribution in [0.1, 0.15) is 31.9 Å². The van der Waals surface area contributed by atoms with Gasteiger partial charge in [0.15, 0.2) is 11.0 Å². The monoisotopic (exact) mass is 371 g/mol. The number of rotatable bonds is 9. The average Bonchev–Trinajstić information content (AvgIpc) is 3.22. The molecule has 2 heterocycles. The molecule has 0 unspecified atom stereocenters. The van der Waals surface area contributed by atoms with E-state index in [1.54, 1.807) is 11.8 Å². The van der Waals surface area contributed by atoms with Gasteiger partial charge in [-0.15, -0.1) is 10.2 Å². The second-order valence-electron chi connectivity index (χ2n) is 6.58. The van der Waals surface area contributed by atoms with Gasteiger partial charge in [-0.2, -0.15) is 0 Å². The smallest absolute Gasteiger partial charge is 0.191 e. The third kappa shape index (κ3) is 4.88. The van der Waals surface area contributed by atoms with Crippen LogP contribution < -0.4 is 4.74 Å². The van der Waals surface area contributed by atoms with Gasteiger partial charge in [-0.25, -0.2) is 4.98 Å². The highest BCUT2D eigenvalue weighted by Gasteiger charge is 2.15. The molecular weight excluding hydrogens is 346 g/mol. The van der Waals surface area contributed by atoms with E-state index in [1.165, 1.54) is 0 Å². The van der Waals surface area contributed by atoms with Gasteiger partial charge < -0.3 is 13.9 Å². The highest BCUT2D eigenvalue weighted by atomic mass is 32.2. The Morgan fingerprint density at radius 1 is 1.12 bits per heavy atom. The van der Waals surface area contributed by atoms with Crippen molar-refractivity contribution in [3.63, 3.8) is 0 Å². The van der Waals surface area contributed by atoms with E-state index in [4.69, 9.17) is 4.74 Å². The maximum atomic E-state index is 5.87. The number of hydrogen-bond donors (Lipinski definition) is 0. The first-order valence-corrected chi connectivity index (χ1v) is 9.81. The molecule has 0 spiro atoms. The number of hydrogen-bond acceptors (Lipinski definition) is 5. The maximum absolute atomic E-state index is 5.87. The van der Waals surface area contributed by atoms with Crippen molar-refractivity contribution >= 4 is 11.8 Å². The van der Waals surface area contributed by atoms with E-state index in [1.807, 2.05) is 54.3 Å². The Labute approximate surface area is 158 Å². The quantitative estimate of drug-likeness (QED) is 0.534. The van der Waals surface area contributed by atoms with Crippen molar-refractivity contribution in [3.05, 3.63) is 54.4 Å². The highest BCUT2D eigenvalue weighted by molar-refractivity contribution is 7.98. The predicted molar refractivity (Wildman–Crippen MR) is 103 cm³/mol. The summed E-state index contributed by atoms with van der Waals surface area (Å²) in [5.41, 5.74) is 0. The summed E-state index contributed by atoms with van der Waals surface area (Å²) in [7, 11) is 2.01. The molecule has 3 aromatic rings. The van der Waals surface area contributed by atoms with Gasteiger partial charge in [-0.3, -0.25) is 0 Å². The molecular formula is C19H25N5OS. The second-order valence-corrected chi connectivity index (χ2v) is 7.52. The van der Waals surface area contributed by atoms with Crippen molar-refractivity contribution in [2.45, 2.75) is 44.3 Å². The lowest BCUT2D eigenvalue weighted by Crippen LogP contribution is -2.10. The van der Waals surface area contributed by atoms with Gasteiger partial charge in [0.25, 0.3) is 0 Å². The fourth-order valence-corrected chi connectivity index (χ4v) is 3.46. The lowest BCUT2D eigenvalue weighted by Gasteiger charge is -2.12. The summed E-state index contributed by atoms with van der Waals surface area (Å²) < 4.78 is 10.1. The molecule has 7 heteroatoms. The van der Waals surface area contributed by atoms with Crippen LogP contribution in [-0.2, 0) is 26.0 Å². The van der Waals surface area contributed by atoms with Crippen LogP contribution in [0, 0.1) is 5.92 Å². The lowest BCUT2D eigenvalue weighted by atomic mass is 10.1. The summed E-state index contributed by atoms with van der Waals surface area (Å²) in [4.78, 5) is 4.38. The molecule has 0 N–H and O–H groups in total. The van der Waals surface area contributed by atoms with Crippen LogP contribution in [0.5, 0.6) is 5.75 Å². The largest absolute Gasteiger partial charge is 0.486 e. The Morgan fingerprint density at radius 3 is 2.62 bits per heavy atom. The van der Waals surface area contributed by atoms with E-state index in [0.717, 1.165) is 41.3 Å². The molecule has 0 fully saturated rings. The Morgan fingerprint density at radius 2 is 1.92 bits per heavy atom. The van der Waals surface area contributed by atoms with E-state index in [2.05, 4.69) is 33.6 Å². The molecule has 0 aliphatic heterocycles. The molecule has 6 nitrogen and oxygen atoms in total. The number of aromatic nitrogens is 5. The van der Waals surface area contributed by atoms with Crippen LogP contribution in [0.4, 0.5) is 0 Å². The maximum Gasteiger partial charge on any atom is 0.191 e. The first-order chi connectivity index (χ1) is 12.6. The molecule has 26 heavy (non-hydrogen) atoms. The van der Waals surface area contributed by atoms with Gasteiger partial charge in [0.1, 0.15) is 18.2 Å². The summed E-state index contributed by atoms with van der Waals surface area (Å²) >= 11 is 1.66. The van der Waals surface area contributed by atoms with Gasteiger partial charge in [0.05, 0.1) is 5.75 Å². The summed E-state index contributed by atoms with van der Waals surface area (Å²) in [6.45, 7) is 5.76. The number of nitrogens with zero attached hydrogens (tertiary/aromatic N) is 5. The SMILES string of the molecule is CC(C)CCn1c(COc2ccccc2)nnc1SCc1nccn1C. The molecule has 0 aliphatic carbocycles. The number of thioether (sulfide) groups is 1. The van der Waals surface area contributed by atoms with Crippen LogP contribution in [0.15, 0.2) is 47.9 Å². The molecule has 0 radical (unpaired) electrons. The van der Waals surface area contributed by atoms with Gasteiger partial charge in [-0.05, 0) is 24.5 Å². The topological polar surface area (TPSA) is 57.8 Å². The minimum absolute atomic E-state index is 0.415. The first kappa shape index (κ1) is 18.5. The van der Waals surface area contributed by atoms with Gasteiger partial charge in [-0.1, -0.05) is 43.8 Å². The molecule has 1 aromatic carbocycles. The summed E-state index contributed by atoms with van der Waals surface area (Å²) in [5, 5.41) is 9.68. The van der Waals surface area contributed by atoms with Crippen molar-refractivity contribution < 1.29 is 4.74 Å². The minimum Gasteiger partial charge on any atom is -0.486 e. The van der Waals surface area contributed by atoms with Crippen molar-refractivity contribution in [2.75, 3.05) is 0 Å². The molecule has 2 aromatic heterocycles. The third-order valence-electron chi connectivity index (χ3n) is 4.09. The minimum atomic E-state index is 0.415. The normalized spacial score (nSPS) is 11.2. The van der Waals surface area contributed by atoms with Crippen LogP contribution in [0.25, 0.3) is 0 Å². The number of imidazole rings is 1. The molecule has 0 amide bonds. The number of benzene rings is 1. The Bertz CT molecular complexity index is 812. The molecule has 0 saturated heterocycles. The number of ether oxygens (including phenoxy) is 1. The molecule has 0 bridgehead atoms. The van der Waals surface area contributed by atoms with Crippen LogP contribution >= 0.6 is 11.8 Å². The summed E-state index contributed by atoms with van der Waals surface area (Å²) in [6, 6.07) is 9.81. The van der Waals surface area contributed by atoms with E-state index in [0.29, 0.717) is 12.5 Å². The van der Waals surface area contributed by atoms with Crippen molar-refractivity contribution in [3.8, 4) is 5.75 Å². The number of para-hydroxylation sites is 1. The molecule has 3 rings (SSSR count). The van der Waals surface area contributed by atoms with Gasteiger partial charge in [0, 0.05) is 26.0 Å².